The Bertz CT molecular complexity index is 417. The molecule has 1 atom stereocenters. The predicted molar refractivity (Wildman–Crippen MR) is 65.7 cm³/mol. The molecular formula is C13H17N3. The van der Waals surface area contributed by atoms with Crippen LogP contribution >= 0.6 is 0 Å². The topological polar surface area (TPSA) is 29.9 Å². The first-order valence-corrected chi connectivity index (χ1v) is 5.63. The Morgan fingerprint density at radius 3 is 2.62 bits per heavy atom. The number of nitrogens with zero attached hydrogens (tertiary/aromatic N) is 2. The lowest BCUT2D eigenvalue weighted by Gasteiger charge is -2.13. The van der Waals surface area contributed by atoms with Crippen molar-refractivity contribution in [1.29, 1.82) is 0 Å². The molecule has 0 saturated heterocycles. The zero-order chi connectivity index (χ0) is 11.4. The van der Waals surface area contributed by atoms with Gasteiger partial charge in [-0.3, -0.25) is 0 Å². The second-order valence-corrected chi connectivity index (χ2v) is 3.84. The number of benzene rings is 1. The molecule has 2 aromatic rings. The van der Waals surface area contributed by atoms with Gasteiger partial charge in [0, 0.05) is 24.1 Å². The summed E-state index contributed by atoms with van der Waals surface area (Å²) in [5.74, 6) is 0. The van der Waals surface area contributed by atoms with Crippen LogP contribution in [0.2, 0.25) is 0 Å². The molecule has 3 nitrogen and oxygen atoms in total. The number of hydrogen-bond acceptors (Lipinski definition) is 2. The highest BCUT2D eigenvalue weighted by atomic mass is 15.0. The first-order chi connectivity index (χ1) is 7.81. The third-order valence-electron chi connectivity index (χ3n) is 2.71. The fourth-order valence-electron chi connectivity index (χ4n) is 1.77. The summed E-state index contributed by atoms with van der Waals surface area (Å²) in [6.45, 7) is 5.29. The summed E-state index contributed by atoms with van der Waals surface area (Å²) in [7, 11) is 0. The highest BCUT2D eigenvalue weighted by Gasteiger charge is 2.03. The summed E-state index contributed by atoms with van der Waals surface area (Å²) in [6, 6.07) is 8.95. The van der Waals surface area contributed by atoms with E-state index in [1.807, 2.05) is 17.1 Å². The van der Waals surface area contributed by atoms with E-state index in [0.29, 0.717) is 6.04 Å². The highest BCUT2D eigenvalue weighted by molar-refractivity contribution is 5.35. The van der Waals surface area contributed by atoms with Gasteiger partial charge >= 0.3 is 0 Å². The standard InChI is InChI=1S/C13H17N3/c1-3-15-11(2)12-4-6-13(7-5-12)16-9-8-14-10-16/h4-11,15H,3H2,1-2H3. The summed E-state index contributed by atoms with van der Waals surface area (Å²) >= 11 is 0. The van der Waals surface area contributed by atoms with Gasteiger partial charge < -0.3 is 9.88 Å². The maximum atomic E-state index is 4.04. The second kappa shape index (κ2) is 4.94. The third kappa shape index (κ3) is 2.31. The van der Waals surface area contributed by atoms with Crippen LogP contribution in [0.25, 0.3) is 5.69 Å². The van der Waals surface area contributed by atoms with Crippen LogP contribution in [-0.2, 0) is 0 Å². The number of imidazole rings is 1. The van der Waals surface area contributed by atoms with Gasteiger partial charge in [-0.15, -0.1) is 0 Å². The molecule has 0 spiro atoms. The Balaban J connectivity index is 2.16. The van der Waals surface area contributed by atoms with Crippen molar-refractivity contribution in [2.75, 3.05) is 6.54 Å². The van der Waals surface area contributed by atoms with Crippen LogP contribution in [0.3, 0.4) is 0 Å². The molecule has 84 valence electrons. The Morgan fingerprint density at radius 2 is 2.06 bits per heavy atom. The van der Waals surface area contributed by atoms with Crippen molar-refractivity contribution in [3.05, 3.63) is 48.5 Å². The Labute approximate surface area is 96.1 Å². The maximum Gasteiger partial charge on any atom is 0.0991 e. The summed E-state index contributed by atoms with van der Waals surface area (Å²) < 4.78 is 2.00. The van der Waals surface area contributed by atoms with Crippen molar-refractivity contribution in [1.82, 2.24) is 14.9 Å². The molecule has 1 aromatic carbocycles. The van der Waals surface area contributed by atoms with E-state index in [-0.39, 0.29) is 0 Å². The van der Waals surface area contributed by atoms with E-state index >= 15 is 0 Å². The lowest BCUT2D eigenvalue weighted by atomic mass is 10.1. The Hall–Kier alpha value is -1.61. The Kier molecular flexibility index (Phi) is 3.37. The van der Waals surface area contributed by atoms with Crippen LogP contribution in [0.15, 0.2) is 43.0 Å². The molecule has 3 heteroatoms. The summed E-state index contributed by atoms with van der Waals surface area (Å²) in [5, 5.41) is 3.40. The second-order valence-electron chi connectivity index (χ2n) is 3.84. The van der Waals surface area contributed by atoms with Crippen LogP contribution in [0.4, 0.5) is 0 Å². The van der Waals surface area contributed by atoms with Gasteiger partial charge in [-0.1, -0.05) is 19.1 Å². The minimum Gasteiger partial charge on any atom is -0.310 e. The molecule has 1 heterocycles. The van der Waals surface area contributed by atoms with Gasteiger partial charge in [-0.2, -0.15) is 0 Å². The average Bonchev–Trinajstić information content (AvgIpc) is 2.83. The van der Waals surface area contributed by atoms with E-state index < -0.39 is 0 Å². The van der Waals surface area contributed by atoms with Crippen molar-refractivity contribution in [2.45, 2.75) is 19.9 Å². The molecule has 0 aliphatic carbocycles. The van der Waals surface area contributed by atoms with Crippen molar-refractivity contribution < 1.29 is 0 Å². The zero-order valence-electron chi connectivity index (χ0n) is 9.72. The first kappa shape index (κ1) is 10.9. The molecule has 0 bridgehead atoms. The molecule has 0 aliphatic rings. The minimum atomic E-state index is 0.404. The molecule has 16 heavy (non-hydrogen) atoms. The van der Waals surface area contributed by atoms with E-state index in [9.17, 15) is 0 Å². The lowest BCUT2D eigenvalue weighted by Crippen LogP contribution is -2.17. The molecule has 1 N–H and O–H groups in total. The summed E-state index contributed by atoms with van der Waals surface area (Å²) in [5.41, 5.74) is 2.45. The molecule has 1 unspecified atom stereocenters. The lowest BCUT2D eigenvalue weighted by molar-refractivity contribution is 0.598. The van der Waals surface area contributed by atoms with Gasteiger partial charge in [-0.05, 0) is 31.2 Å². The van der Waals surface area contributed by atoms with Crippen LogP contribution in [0.5, 0.6) is 0 Å². The van der Waals surface area contributed by atoms with Crippen molar-refractivity contribution in [3.63, 3.8) is 0 Å². The highest BCUT2D eigenvalue weighted by Crippen LogP contribution is 2.15. The van der Waals surface area contributed by atoms with E-state index in [1.165, 1.54) is 5.56 Å². The monoisotopic (exact) mass is 215 g/mol. The third-order valence-corrected chi connectivity index (χ3v) is 2.71. The van der Waals surface area contributed by atoms with Crippen LogP contribution in [0.1, 0.15) is 25.5 Å². The van der Waals surface area contributed by atoms with Crippen molar-refractivity contribution >= 4 is 0 Å². The SMILES string of the molecule is CCNC(C)c1ccc(-n2ccnc2)cc1. The maximum absolute atomic E-state index is 4.04. The molecule has 2 rings (SSSR count). The van der Waals surface area contributed by atoms with Gasteiger partial charge in [-0.25, -0.2) is 4.98 Å². The van der Waals surface area contributed by atoms with Gasteiger partial charge in [0.05, 0.1) is 6.33 Å². The molecule has 1 aromatic heterocycles. The van der Waals surface area contributed by atoms with E-state index in [0.717, 1.165) is 12.2 Å². The molecule has 0 amide bonds. The van der Waals surface area contributed by atoms with E-state index in [1.54, 1.807) is 6.20 Å². The van der Waals surface area contributed by atoms with E-state index in [2.05, 4.69) is 48.4 Å². The van der Waals surface area contributed by atoms with Gasteiger partial charge in [0.1, 0.15) is 0 Å². The molecule has 0 saturated carbocycles. The molecule has 0 radical (unpaired) electrons. The molecule has 0 fully saturated rings. The van der Waals surface area contributed by atoms with Crippen LogP contribution < -0.4 is 5.32 Å². The zero-order valence-corrected chi connectivity index (χ0v) is 9.72. The average molecular weight is 215 g/mol. The van der Waals surface area contributed by atoms with Gasteiger partial charge in [0.15, 0.2) is 0 Å². The van der Waals surface area contributed by atoms with Crippen molar-refractivity contribution in [3.8, 4) is 5.69 Å². The first-order valence-electron chi connectivity index (χ1n) is 5.63. The number of rotatable bonds is 4. The largest absolute Gasteiger partial charge is 0.310 e. The van der Waals surface area contributed by atoms with Gasteiger partial charge in [0.25, 0.3) is 0 Å². The minimum absolute atomic E-state index is 0.404. The fraction of sp³-hybridized carbons (Fsp3) is 0.308. The van der Waals surface area contributed by atoms with Gasteiger partial charge in [0.2, 0.25) is 0 Å². The predicted octanol–water partition coefficient (Wildman–Crippen LogP) is 2.54. The smallest absolute Gasteiger partial charge is 0.0991 e. The fourth-order valence-corrected chi connectivity index (χ4v) is 1.77. The van der Waals surface area contributed by atoms with Crippen LogP contribution in [0, 0.1) is 0 Å². The van der Waals surface area contributed by atoms with E-state index in [4.69, 9.17) is 0 Å². The molecular weight excluding hydrogens is 198 g/mol. The molecule has 0 aliphatic heterocycles. The number of nitrogens with one attached hydrogen (secondary N) is 1. The quantitative estimate of drug-likeness (QED) is 0.849. The number of hydrogen-bond donors (Lipinski definition) is 1. The van der Waals surface area contributed by atoms with Crippen molar-refractivity contribution in [2.24, 2.45) is 0 Å². The Morgan fingerprint density at radius 1 is 1.31 bits per heavy atom. The summed E-state index contributed by atoms with van der Waals surface area (Å²) in [6.07, 6.45) is 5.54. The normalized spacial score (nSPS) is 12.6. The summed E-state index contributed by atoms with van der Waals surface area (Å²) in [4.78, 5) is 4.04. The van der Waals surface area contributed by atoms with Crippen LogP contribution in [-0.4, -0.2) is 16.1 Å². The number of aromatic nitrogens is 2.